The molecular formula is C12H24Cl2N2. The van der Waals surface area contributed by atoms with Crippen molar-refractivity contribution in [1.82, 2.24) is 10.2 Å². The molecule has 0 amide bonds. The van der Waals surface area contributed by atoms with Gasteiger partial charge in [-0.3, -0.25) is 4.90 Å². The first-order valence-corrected chi connectivity index (χ1v) is 5.51. The Kier molecular flexibility index (Phi) is 13.1. The highest BCUT2D eigenvalue weighted by atomic mass is 35.5. The highest BCUT2D eigenvalue weighted by Gasteiger charge is 2.15. The summed E-state index contributed by atoms with van der Waals surface area (Å²) in [5.41, 5.74) is 0. The molecule has 16 heavy (non-hydrogen) atoms. The van der Waals surface area contributed by atoms with Gasteiger partial charge in [-0.1, -0.05) is 12.2 Å². The average Bonchev–Trinajstić information content (AvgIpc) is 2.20. The Morgan fingerprint density at radius 1 is 1.19 bits per heavy atom. The van der Waals surface area contributed by atoms with E-state index in [-0.39, 0.29) is 24.8 Å². The van der Waals surface area contributed by atoms with Gasteiger partial charge < -0.3 is 5.32 Å². The Morgan fingerprint density at radius 3 is 2.25 bits per heavy atom. The fourth-order valence-electron chi connectivity index (χ4n) is 2.03. The second-order valence-electron chi connectivity index (χ2n) is 4.01. The smallest absolute Gasteiger partial charge is 0.0164 e. The van der Waals surface area contributed by atoms with Crippen LogP contribution >= 0.6 is 24.8 Å². The van der Waals surface area contributed by atoms with Gasteiger partial charge in [0.25, 0.3) is 0 Å². The van der Waals surface area contributed by atoms with Gasteiger partial charge >= 0.3 is 0 Å². The van der Waals surface area contributed by atoms with Crippen LogP contribution in [-0.2, 0) is 0 Å². The number of halogens is 2. The highest BCUT2D eigenvalue weighted by molar-refractivity contribution is 5.85. The van der Waals surface area contributed by atoms with E-state index in [4.69, 9.17) is 0 Å². The average molecular weight is 267 g/mol. The van der Waals surface area contributed by atoms with Gasteiger partial charge in [0, 0.05) is 19.6 Å². The lowest BCUT2D eigenvalue weighted by molar-refractivity contribution is 0.242. The van der Waals surface area contributed by atoms with E-state index in [1.165, 1.54) is 32.5 Å². The molecule has 1 N–H and O–H groups in total. The molecule has 2 nitrogen and oxygen atoms in total. The third-order valence-corrected chi connectivity index (χ3v) is 2.69. The SMILES string of the molecule is C=CCN(CC=C)CC1CCCNC1.Cl.Cl. The monoisotopic (exact) mass is 266 g/mol. The molecule has 0 aliphatic carbocycles. The van der Waals surface area contributed by atoms with Crippen LogP contribution in [0.1, 0.15) is 12.8 Å². The van der Waals surface area contributed by atoms with Gasteiger partial charge in [0.15, 0.2) is 0 Å². The van der Waals surface area contributed by atoms with Crippen molar-refractivity contribution in [3.63, 3.8) is 0 Å². The standard InChI is InChI=1S/C12H22N2.2ClH/c1-3-8-14(9-4-2)11-12-6-5-7-13-10-12;;/h3-4,12-13H,1-2,5-11H2;2*1H. The number of hydrogen-bond donors (Lipinski definition) is 1. The van der Waals surface area contributed by atoms with Gasteiger partial charge in [0.1, 0.15) is 0 Å². The summed E-state index contributed by atoms with van der Waals surface area (Å²) >= 11 is 0. The van der Waals surface area contributed by atoms with E-state index in [9.17, 15) is 0 Å². The summed E-state index contributed by atoms with van der Waals surface area (Å²) in [5, 5.41) is 3.45. The number of nitrogens with zero attached hydrogens (tertiary/aromatic N) is 1. The Labute approximate surface area is 112 Å². The van der Waals surface area contributed by atoms with Gasteiger partial charge in [-0.25, -0.2) is 0 Å². The summed E-state index contributed by atoms with van der Waals surface area (Å²) in [6, 6.07) is 0. The second-order valence-corrected chi connectivity index (χ2v) is 4.01. The topological polar surface area (TPSA) is 15.3 Å². The van der Waals surface area contributed by atoms with Gasteiger partial charge in [0.05, 0.1) is 0 Å². The molecule has 1 heterocycles. The molecule has 0 aromatic carbocycles. The van der Waals surface area contributed by atoms with Crippen LogP contribution < -0.4 is 5.32 Å². The van der Waals surface area contributed by atoms with Crippen molar-refractivity contribution in [3.05, 3.63) is 25.3 Å². The molecule has 0 radical (unpaired) electrons. The molecule has 1 unspecified atom stereocenters. The van der Waals surface area contributed by atoms with Crippen LogP contribution in [-0.4, -0.2) is 37.6 Å². The van der Waals surface area contributed by atoms with E-state index in [0.717, 1.165) is 19.0 Å². The molecule has 96 valence electrons. The minimum absolute atomic E-state index is 0. The molecule has 1 atom stereocenters. The number of nitrogens with one attached hydrogen (secondary N) is 1. The molecule has 1 aliphatic heterocycles. The van der Waals surface area contributed by atoms with Gasteiger partial charge in [-0.05, 0) is 31.8 Å². The van der Waals surface area contributed by atoms with Crippen molar-refractivity contribution < 1.29 is 0 Å². The molecule has 0 aromatic heterocycles. The predicted molar refractivity (Wildman–Crippen MR) is 76.9 cm³/mol. The maximum atomic E-state index is 3.78. The molecule has 4 heteroatoms. The first-order valence-electron chi connectivity index (χ1n) is 5.51. The van der Waals surface area contributed by atoms with Crippen LogP contribution in [0.2, 0.25) is 0 Å². The molecule has 1 saturated heterocycles. The van der Waals surface area contributed by atoms with Crippen LogP contribution in [0.5, 0.6) is 0 Å². The number of rotatable bonds is 6. The Hall–Kier alpha value is -0.0200. The highest BCUT2D eigenvalue weighted by Crippen LogP contribution is 2.11. The zero-order valence-electron chi connectivity index (χ0n) is 9.86. The summed E-state index contributed by atoms with van der Waals surface area (Å²) in [5.74, 6) is 0.809. The maximum Gasteiger partial charge on any atom is 0.0164 e. The lowest BCUT2D eigenvalue weighted by Gasteiger charge is -2.28. The Bertz CT molecular complexity index is 170. The fraction of sp³-hybridized carbons (Fsp3) is 0.667. The van der Waals surface area contributed by atoms with Crippen LogP contribution in [0, 0.1) is 5.92 Å². The first-order chi connectivity index (χ1) is 6.86. The normalized spacial score (nSPS) is 19.4. The molecule has 0 saturated carbocycles. The van der Waals surface area contributed by atoms with E-state index in [1.54, 1.807) is 0 Å². The molecule has 0 aromatic rings. The van der Waals surface area contributed by atoms with E-state index in [2.05, 4.69) is 23.4 Å². The van der Waals surface area contributed by atoms with Crippen LogP contribution in [0.4, 0.5) is 0 Å². The van der Waals surface area contributed by atoms with Crippen molar-refractivity contribution >= 4 is 24.8 Å². The molecule has 1 aliphatic rings. The Balaban J connectivity index is 0. The minimum Gasteiger partial charge on any atom is -0.316 e. The van der Waals surface area contributed by atoms with Crippen molar-refractivity contribution in [2.75, 3.05) is 32.7 Å². The molecule has 0 bridgehead atoms. The second kappa shape index (κ2) is 11.5. The summed E-state index contributed by atoms with van der Waals surface area (Å²) in [6.07, 6.45) is 6.62. The summed E-state index contributed by atoms with van der Waals surface area (Å²) < 4.78 is 0. The van der Waals surface area contributed by atoms with Gasteiger partial charge in [0.2, 0.25) is 0 Å². The lowest BCUT2D eigenvalue weighted by atomic mass is 9.99. The Morgan fingerprint density at radius 2 is 1.81 bits per heavy atom. The summed E-state index contributed by atoms with van der Waals surface area (Å²) in [4.78, 5) is 2.40. The van der Waals surface area contributed by atoms with Crippen molar-refractivity contribution in [3.8, 4) is 0 Å². The maximum absolute atomic E-state index is 3.78. The van der Waals surface area contributed by atoms with Crippen molar-refractivity contribution in [2.45, 2.75) is 12.8 Å². The van der Waals surface area contributed by atoms with E-state index in [0.29, 0.717) is 0 Å². The van der Waals surface area contributed by atoms with E-state index < -0.39 is 0 Å². The zero-order chi connectivity index (χ0) is 10.2. The largest absolute Gasteiger partial charge is 0.316 e. The predicted octanol–water partition coefficient (Wildman–Crippen LogP) is 2.50. The number of piperidine rings is 1. The summed E-state index contributed by atoms with van der Waals surface area (Å²) in [7, 11) is 0. The summed E-state index contributed by atoms with van der Waals surface area (Å²) in [6.45, 7) is 13.1. The van der Waals surface area contributed by atoms with Crippen molar-refractivity contribution in [1.29, 1.82) is 0 Å². The third-order valence-electron chi connectivity index (χ3n) is 2.69. The lowest BCUT2D eigenvalue weighted by Crippen LogP contribution is -2.38. The third kappa shape index (κ3) is 7.29. The zero-order valence-corrected chi connectivity index (χ0v) is 11.5. The van der Waals surface area contributed by atoms with Gasteiger partial charge in [-0.2, -0.15) is 0 Å². The molecule has 1 rings (SSSR count). The molecular weight excluding hydrogens is 243 g/mol. The molecule has 1 fully saturated rings. The molecule has 0 spiro atoms. The first kappa shape index (κ1) is 18.3. The minimum atomic E-state index is 0. The van der Waals surface area contributed by atoms with E-state index >= 15 is 0 Å². The van der Waals surface area contributed by atoms with Crippen LogP contribution in [0.3, 0.4) is 0 Å². The number of hydrogen-bond acceptors (Lipinski definition) is 2. The fourth-order valence-corrected chi connectivity index (χ4v) is 2.03. The van der Waals surface area contributed by atoms with Crippen LogP contribution in [0.25, 0.3) is 0 Å². The van der Waals surface area contributed by atoms with Gasteiger partial charge in [-0.15, -0.1) is 38.0 Å². The van der Waals surface area contributed by atoms with E-state index in [1.807, 2.05) is 12.2 Å². The van der Waals surface area contributed by atoms with Crippen molar-refractivity contribution in [2.24, 2.45) is 5.92 Å². The van der Waals surface area contributed by atoms with Crippen LogP contribution in [0.15, 0.2) is 25.3 Å². The quantitative estimate of drug-likeness (QED) is 0.744.